The van der Waals surface area contributed by atoms with Crippen LogP contribution in [0, 0.1) is 0 Å². The van der Waals surface area contributed by atoms with Gasteiger partial charge in [0.1, 0.15) is 11.4 Å². The normalized spacial score (nSPS) is 10.3. The van der Waals surface area contributed by atoms with E-state index in [-0.39, 0.29) is 11.7 Å². The number of hydrogen-bond acceptors (Lipinski definition) is 5. The van der Waals surface area contributed by atoms with E-state index in [0.717, 1.165) is 16.4 Å². The zero-order valence-electron chi connectivity index (χ0n) is 11.3. The number of anilines is 1. The van der Waals surface area contributed by atoms with Gasteiger partial charge in [0.05, 0.1) is 13.0 Å². The fraction of sp³-hybridized carbons (Fsp3) is 0.286. The van der Waals surface area contributed by atoms with Gasteiger partial charge in [-0.15, -0.1) is 22.9 Å². The molecule has 0 atom stereocenters. The highest BCUT2D eigenvalue weighted by atomic mass is 35.5. The van der Waals surface area contributed by atoms with E-state index in [1.807, 2.05) is 36.2 Å². The number of halogens is 1. The van der Waals surface area contributed by atoms with Gasteiger partial charge in [-0.05, 0) is 17.7 Å². The van der Waals surface area contributed by atoms with E-state index in [4.69, 9.17) is 16.3 Å². The predicted octanol–water partition coefficient (Wildman–Crippen LogP) is 3.21. The molecule has 1 aromatic carbocycles. The molecule has 6 heteroatoms. The molecule has 0 fully saturated rings. The molecule has 0 spiro atoms. The van der Waals surface area contributed by atoms with E-state index >= 15 is 0 Å². The lowest BCUT2D eigenvalue weighted by atomic mass is 10.2. The van der Waals surface area contributed by atoms with E-state index in [0.29, 0.717) is 12.2 Å². The Hall–Kier alpha value is -1.59. The second-order valence-corrected chi connectivity index (χ2v) is 5.38. The molecular weight excluding hydrogens is 296 g/mol. The summed E-state index contributed by atoms with van der Waals surface area (Å²) in [5, 5.41) is 2.54. The van der Waals surface area contributed by atoms with Crippen LogP contribution in [0.1, 0.15) is 16.1 Å². The molecule has 1 aromatic heterocycles. The van der Waals surface area contributed by atoms with Crippen molar-refractivity contribution in [2.24, 2.45) is 0 Å². The number of benzene rings is 1. The minimum atomic E-state index is -0.146. The lowest BCUT2D eigenvalue weighted by Crippen LogP contribution is -2.16. The number of rotatable bonds is 6. The predicted molar refractivity (Wildman–Crippen MR) is 82.3 cm³/mol. The minimum Gasteiger partial charge on any atom is -0.497 e. The van der Waals surface area contributed by atoms with Gasteiger partial charge in [-0.3, -0.25) is 4.79 Å². The van der Waals surface area contributed by atoms with Crippen LogP contribution in [0.25, 0.3) is 0 Å². The molecule has 0 amide bonds. The number of aromatic nitrogens is 1. The maximum Gasteiger partial charge on any atom is 0.196 e. The first-order valence-corrected chi connectivity index (χ1v) is 7.44. The number of carbonyl (C=O) groups excluding carboxylic acids is 1. The summed E-state index contributed by atoms with van der Waals surface area (Å²) < 4.78 is 5.13. The molecule has 2 aromatic rings. The van der Waals surface area contributed by atoms with Crippen LogP contribution >= 0.6 is 22.9 Å². The van der Waals surface area contributed by atoms with Gasteiger partial charge in [0.25, 0.3) is 0 Å². The first-order valence-electron chi connectivity index (χ1n) is 6.02. The molecule has 4 nitrogen and oxygen atoms in total. The van der Waals surface area contributed by atoms with Gasteiger partial charge >= 0.3 is 0 Å². The average molecular weight is 311 g/mol. The Morgan fingerprint density at radius 1 is 1.40 bits per heavy atom. The molecule has 106 valence electrons. The number of ketones is 1. The number of carbonyl (C=O) groups is 1. The third kappa shape index (κ3) is 3.49. The van der Waals surface area contributed by atoms with Gasteiger partial charge in [0.15, 0.2) is 10.9 Å². The van der Waals surface area contributed by atoms with Crippen molar-refractivity contribution in [3.05, 3.63) is 40.9 Å². The van der Waals surface area contributed by atoms with Crippen LogP contribution in [0.5, 0.6) is 5.75 Å². The third-order valence-corrected chi connectivity index (χ3v) is 4.00. The molecule has 2 rings (SSSR count). The number of alkyl halides is 1. The van der Waals surface area contributed by atoms with E-state index in [2.05, 4.69) is 4.98 Å². The van der Waals surface area contributed by atoms with Crippen molar-refractivity contribution in [2.75, 3.05) is 24.9 Å². The largest absolute Gasteiger partial charge is 0.497 e. The maximum atomic E-state index is 11.5. The zero-order chi connectivity index (χ0) is 14.5. The van der Waals surface area contributed by atoms with Crippen LogP contribution in [-0.2, 0) is 6.54 Å². The van der Waals surface area contributed by atoms with Crippen molar-refractivity contribution < 1.29 is 9.53 Å². The molecule has 0 aliphatic carbocycles. The summed E-state index contributed by atoms with van der Waals surface area (Å²) in [6.07, 6.45) is 0. The molecule has 0 aliphatic rings. The second-order valence-electron chi connectivity index (χ2n) is 4.28. The van der Waals surface area contributed by atoms with Crippen molar-refractivity contribution in [1.29, 1.82) is 0 Å². The molecular formula is C14H15ClN2O2S. The highest BCUT2D eigenvalue weighted by molar-refractivity contribution is 7.13. The molecule has 0 saturated heterocycles. The maximum absolute atomic E-state index is 11.5. The number of ether oxygens (including phenoxy) is 1. The van der Waals surface area contributed by atoms with Crippen LogP contribution in [0.3, 0.4) is 0 Å². The Labute approximate surface area is 127 Å². The Bertz CT molecular complexity index is 583. The minimum absolute atomic E-state index is 0.0363. The van der Waals surface area contributed by atoms with Crippen molar-refractivity contribution >= 4 is 33.9 Å². The summed E-state index contributed by atoms with van der Waals surface area (Å²) in [6.45, 7) is 0.714. The molecule has 0 aliphatic heterocycles. The molecule has 0 N–H and O–H groups in total. The lowest BCUT2D eigenvalue weighted by Gasteiger charge is -2.15. The van der Waals surface area contributed by atoms with Crippen molar-refractivity contribution in [3.8, 4) is 5.75 Å². The summed E-state index contributed by atoms with van der Waals surface area (Å²) >= 11 is 6.96. The SMILES string of the molecule is COc1ccc(CN(C)c2nc(C(=O)CCl)cs2)cc1. The van der Waals surface area contributed by atoms with Crippen molar-refractivity contribution in [3.63, 3.8) is 0 Å². The first kappa shape index (κ1) is 14.8. The smallest absolute Gasteiger partial charge is 0.196 e. The van der Waals surface area contributed by atoms with Gasteiger partial charge in [0, 0.05) is 19.0 Å². The Balaban J connectivity index is 2.05. The summed E-state index contributed by atoms with van der Waals surface area (Å²) in [4.78, 5) is 17.8. The molecule has 0 bridgehead atoms. The zero-order valence-corrected chi connectivity index (χ0v) is 12.9. The van der Waals surface area contributed by atoms with Crippen LogP contribution in [0.2, 0.25) is 0 Å². The number of methoxy groups -OCH3 is 1. The van der Waals surface area contributed by atoms with Gasteiger partial charge in [-0.2, -0.15) is 0 Å². The topological polar surface area (TPSA) is 42.4 Å². The summed E-state index contributed by atoms with van der Waals surface area (Å²) in [6, 6.07) is 7.86. The summed E-state index contributed by atoms with van der Waals surface area (Å²) in [7, 11) is 3.59. The standard InChI is InChI=1S/C14H15ClN2O2S/c1-17(8-10-3-5-11(19-2)6-4-10)14-16-12(9-20-14)13(18)7-15/h3-6,9H,7-8H2,1-2H3. The summed E-state index contributed by atoms with van der Waals surface area (Å²) in [5.41, 5.74) is 1.58. The van der Waals surface area contributed by atoms with Crippen LogP contribution in [0.4, 0.5) is 5.13 Å². The monoisotopic (exact) mass is 310 g/mol. The Kier molecular flexibility index (Phi) is 4.98. The number of nitrogens with zero attached hydrogens (tertiary/aromatic N) is 2. The Morgan fingerprint density at radius 2 is 2.10 bits per heavy atom. The van der Waals surface area contributed by atoms with Gasteiger partial charge < -0.3 is 9.64 Å². The summed E-state index contributed by atoms with van der Waals surface area (Å²) in [5.74, 6) is 0.651. The molecule has 1 heterocycles. The number of Topliss-reactive ketones (excluding diaryl/α,β-unsaturated/α-hetero) is 1. The molecule has 20 heavy (non-hydrogen) atoms. The quantitative estimate of drug-likeness (QED) is 0.607. The fourth-order valence-corrected chi connectivity index (χ4v) is 2.64. The van der Waals surface area contributed by atoms with Crippen molar-refractivity contribution in [1.82, 2.24) is 4.98 Å². The van der Waals surface area contributed by atoms with Gasteiger partial charge in [-0.25, -0.2) is 4.98 Å². The van der Waals surface area contributed by atoms with Gasteiger partial charge in [0.2, 0.25) is 0 Å². The lowest BCUT2D eigenvalue weighted by molar-refractivity contribution is 0.101. The number of thiazole rings is 1. The molecule has 0 unspecified atom stereocenters. The third-order valence-electron chi connectivity index (χ3n) is 2.80. The fourth-order valence-electron chi connectivity index (χ4n) is 1.71. The van der Waals surface area contributed by atoms with E-state index in [1.165, 1.54) is 11.3 Å². The first-order chi connectivity index (χ1) is 9.63. The van der Waals surface area contributed by atoms with Crippen LogP contribution < -0.4 is 9.64 Å². The Morgan fingerprint density at radius 3 is 2.70 bits per heavy atom. The van der Waals surface area contributed by atoms with E-state index in [9.17, 15) is 4.79 Å². The van der Waals surface area contributed by atoms with E-state index < -0.39 is 0 Å². The van der Waals surface area contributed by atoms with Gasteiger partial charge in [-0.1, -0.05) is 12.1 Å². The van der Waals surface area contributed by atoms with Crippen molar-refractivity contribution in [2.45, 2.75) is 6.54 Å². The highest BCUT2D eigenvalue weighted by Crippen LogP contribution is 2.22. The average Bonchev–Trinajstić information content (AvgIpc) is 2.97. The highest BCUT2D eigenvalue weighted by Gasteiger charge is 2.12. The second kappa shape index (κ2) is 6.72. The van der Waals surface area contributed by atoms with Crippen LogP contribution in [-0.4, -0.2) is 30.8 Å². The number of hydrogen-bond donors (Lipinski definition) is 0. The molecule has 0 radical (unpaired) electrons. The van der Waals surface area contributed by atoms with E-state index in [1.54, 1.807) is 12.5 Å². The molecule has 0 saturated carbocycles. The van der Waals surface area contributed by atoms with Crippen LogP contribution in [0.15, 0.2) is 29.6 Å².